The Kier molecular flexibility index (Phi) is 4.16. The highest BCUT2D eigenvalue weighted by molar-refractivity contribution is 5.91. The minimum absolute atomic E-state index is 0.0958. The van der Waals surface area contributed by atoms with Crippen LogP contribution in [0.2, 0.25) is 0 Å². The molecule has 0 atom stereocenters. The van der Waals surface area contributed by atoms with Crippen molar-refractivity contribution in [2.45, 2.75) is 13.8 Å². The topological polar surface area (TPSA) is 75.0 Å². The van der Waals surface area contributed by atoms with E-state index < -0.39 is 5.97 Å². The lowest BCUT2D eigenvalue weighted by Crippen LogP contribution is -2.15. The van der Waals surface area contributed by atoms with Crippen molar-refractivity contribution in [3.63, 3.8) is 0 Å². The van der Waals surface area contributed by atoms with Gasteiger partial charge in [-0.3, -0.25) is 4.79 Å². The zero-order valence-electron chi connectivity index (χ0n) is 12.3. The lowest BCUT2D eigenvalue weighted by atomic mass is 10.1. The summed E-state index contributed by atoms with van der Waals surface area (Å²) >= 11 is 0. The second-order valence-electron chi connectivity index (χ2n) is 4.31. The fourth-order valence-corrected chi connectivity index (χ4v) is 2.01. The van der Waals surface area contributed by atoms with E-state index in [9.17, 15) is 9.59 Å². The van der Waals surface area contributed by atoms with Crippen molar-refractivity contribution in [3.8, 4) is 11.5 Å². The maximum absolute atomic E-state index is 12.4. The van der Waals surface area contributed by atoms with Gasteiger partial charge in [0, 0.05) is 11.6 Å². The van der Waals surface area contributed by atoms with Crippen LogP contribution < -0.4 is 14.9 Å². The van der Waals surface area contributed by atoms with Gasteiger partial charge in [-0.15, -0.1) is 0 Å². The van der Waals surface area contributed by atoms with Gasteiger partial charge in [0.15, 0.2) is 16.9 Å². The van der Waals surface area contributed by atoms with Gasteiger partial charge in [0.25, 0.3) is 0 Å². The molecule has 112 valence electrons. The summed E-state index contributed by atoms with van der Waals surface area (Å²) in [6.07, 6.45) is 0. The van der Waals surface area contributed by atoms with Gasteiger partial charge < -0.3 is 18.6 Å². The summed E-state index contributed by atoms with van der Waals surface area (Å²) in [4.78, 5) is 24.2. The third-order valence-corrected chi connectivity index (χ3v) is 3.08. The van der Waals surface area contributed by atoms with Crippen molar-refractivity contribution < 1.29 is 23.4 Å². The van der Waals surface area contributed by atoms with E-state index in [1.165, 1.54) is 33.3 Å². The van der Waals surface area contributed by atoms with Crippen LogP contribution in [-0.2, 0) is 4.74 Å². The predicted octanol–water partition coefficient (Wildman–Crippen LogP) is 2.30. The Labute approximate surface area is 121 Å². The molecule has 21 heavy (non-hydrogen) atoms. The fraction of sp³-hybridized carbons (Fsp3) is 0.333. The highest BCUT2D eigenvalue weighted by Gasteiger charge is 2.20. The van der Waals surface area contributed by atoms with E-state index >= 15 is 0 Å². The zero-order chi connectivity index (χ0) is 15.6. The molecule has 0 spiro atoms. The van der Waals surface area contributed by atoms with E-state index in [0.717, 1.165) is 0 Å². The Hall–Kier alpha value is -2.50. The molecule has 1 heterocycles. The Balaban J connectivity index is 2.75. The highest BCUT2D eigenvalue weighted by Crippen LogP contribution is 2.31. The third kappa shape index (κ3) is 2.56. The molecule has 0 radical (unpaired) electrons. The summed E-state index contributed by atoms with van der Waals surface area (Å²) in [5.41, 5.74) is 0.139. The molecular weight excluding hydrogens is 276 g/mol. The van der Waals surface area contributed by atoms with Crippen LogP contribution in [0.1, 0.15) is 23.0 Å². The molecule has 0 amide bonds. The van der Waals surface area contributed by atoms with Crippen LogP contribution in [-0.4, -0.2) is 26.8 Å². The molecule has 1 aromatic heterocycles. The molecular formula is C15H16O6. The number of fused-ring (bicyclic) bond motifs is 1. The molecule has 0 saturated heterocycles. The maximum atomic E-state index is 12.4. The minimum atomic E-state index is -0.663. The van der Waals surface area contributed by atoms with Gasteiger partial charge in [-0.1, -0.05) is 0 Å². The quantitative estimate of drug-likeness (QED) is 0.805. The summed E-state index contributed by atoms with van der Waals surface area (Å²) < 4.78 is 20.7. The molecule has 0 unspecified atom stereocenters. The molecule has 0 aliphatic carbocycles. The van der Waals surface area contributed by atoms with E-state index in [2.05, 4.69) is 0 Å². The summed E-state index contributed by atoms with van der Waals surface area (Å²) in [5.74, 6) is 0.0674. The van der Waals surface area contributed by atoms with E-state index in [0.29, 0.717) is 16.9 Å². The van der Waals surface area contributed by atoms with Gasteiger partial charge in [-0.05, 0) is 19.9 Å². The van der Waals surface area contributed by atoms with Crippen molar-refractivity contribution >= 4 is 16.9 Å². The molecule has 0 bridgehead atoms. The van der Waals surface area contributed by atoms with Crippen molar-refractivity contribution in [2.75, 3.05) is 20.8 Å². The summed E-state index contributed by atoms with van der Waals surface area (Å²) in [7, 11) is 2.95. The van der Waals surface area contributed by atoms with E-state index in [1.807, 2.05) is 0 Å². The van der Waals surface area contributed by atoms with Crippen LogP contribution in [0.25, 0.3) is 11.0 Å². The monoisotopic (exact) mass is 292 g/mol. The largest absolute Gasteiger partial charge is 0.493 e. The first-order valence-corrected chi connectivity index (χ1v) is 6.40. The van der Waals surface area contributed by atoms with Crippen LogP contribution >= 0.6 is 0 Å². The van der Waals surface area contributed by atoms with Crippen molar-refractivity contribution in [2.24, 2.45) is 0 Å². The number of carbonyl (C=O) groups excluding carboxylic acids is 1. The van der Waals surface area contributed by atoms with Crippen LogP contribution in [0.3, 0.4) is 0 Å². The van der Waals surface area contributed by atoms with E-state index in [4.69, 9.17) is 18.6 Å². The zero-order valence-corrected chi connectivity index (χ0v) is 12.3. The summed E-state index contributed by atoms with van der Waals surface area (Å²) in [6.45, 7) is 3.40. The van der Waals surface area contributed by atoms with Gasteiger partial charge in [0.2, 0.25) is 5.76 Å². The minimum Gasteiger partial charge on any atom is -0.493 e. The standard InChI is InChI=1S/C15H16O6/c1-5-20-15(17)14-8(2)13(16)9-6-11(18-3)12(19-4)7-10(9)21-14/h6-7H,5H2,1-4H3. The van der Waals surface area contributed by atoms with Gasteiger partial charge in [0.05, 0.1) is 26.2 Å². The van der Waals surface area contributed by atoms with Crippen LogP contribution in [0.15, 0.2) is 21.3 Å². The van der Waals surface area contributed by atoms with Gasteiger partial charge in [-0.25, -0.2) is 4.79 Å². The van der Waals surface area contributed by atoms with Crippen molar-refractivity contribution in [1.82, 2.24) is 0 Å². The van der Waals surface area contributed by atoms with Gasteiger partial charge >= 0.3 is 5.97 Å². The summed E-state index contributed by atoms with van der Waals surface area (Å²) in [6, 6.07) is 3.04. The number of hydrogen-bond donors (Lipinski definition) is 0. The fourth-order valence-electron chi connectivity index (χ4n) is 2.01. The molecule has 0 saturated carbocycles. The molecule has 0 aliphatic rings. The molecule has 0 N–H and O–H groups in total. The molecule has 0 fully saturated rings. The molecule has 0 aliphatic heterocycles. The first kappa shape index (κ1) is 14.9. The third-order valence-electron chi connectivity index (χ3n) is 3.08. The number of methoxy groups -OCH3 is 2. The first-order chi connectivity index (χ1) is 10.0. The Morgan fingerprint density at radius 3 is 2.38 bits per heavy atom. The SMILES string of the molecule is CCOC(=O)c1oc2cc(OC)c(OC)cc2c(=O)c1C. The van der Waals surface area contributed by atoms with Crippen molar-refractivity contribution in [1.29, 1.82) is 0 Å². The first-order valence-electron chi connectivity index (χ1n) is 6.40. The number of benzene rings is 1. The average Bonchev–Trinajstić information content (AvgIpc) is 2.49. The average molecular weight is 292 g/mol. The Morgan fingerprint density at radius 1 is 1.19 bits per heavy atom. The second-order valence-corrected chi connectivity index (χ2v) is 4.31. The van der Waals surface area contributed by atoms with E-state index in [1.54, 1.807) is 6.92 Å². The highest BCUT2D eigenvalue weighted by atomic mass is 16.5. The lowest BCUT2D eigenvalue weighted by molar-refractivity contribution is 0.0489. The van der Waals surface area contributed by atoms with E-state index in [-0.39, 0.29) is 28.9 Å². The molecule has 2 aromatic rings. The number of rotatable bonds is 4. The van der Waals surface area contributed by atoms with Gasteiger partial charge in [-0.2, -0.15) is 0 Å². The lowest BCUT2D eigenvalue weighted by Gasteiger charge is -2.10. The van der Waals surface area contributed by atoms with Crippen LogP contribution in [0.4, 0.5) is 0 Å². The number of carbonyl (C=O) groups is 1. The Morgan fingerprint density at radius 2 is 1.81 bits per heavy atom. The van der Waals surface area contributed by atoms with Gasteiger partial charge in [0.1, 0.15) is 5.58 Å². The predicted molar refractivity (Wildman–Crippen MR) is 76.3 cm³/mol. The number of hydrogen-bond acceptors (Lipinski definition) is 6. The normalized spacial score (nSPS) is 10.5. The van der Waals surface area contributed by atoms with Crippen LogP contribution in [0.5, 0.6) is 11.5 Å². The molecule has 6 nitrogen and oxygen atoms in total. The molecule has 2 rings (SSSR count). The molecule has 1 aromatic carbocycles. The Bertz CT molecular complexity index is 744. The smallest absolute Gasteiger partial charge is 0.374 e. The maximum Gasteiger partial charge on any atom is 0.374 e. The number of esters is 1. The van der Waals surface area contributed by atoms with Crippen LogP contribution in [0, 0.1) is 6.92 Å². The summed E-state index contributed by atoms with van der Waals surface area (Å²) in [5, 5.41) is 0.318. The second kappa shape index (κ2) is 5.87. The molecule has 6 heteroatoms. The number of ether oxygens (including phenoxy) is 3. The van der Waals surface area contributed by atoms with Crippen molar-refractivity contribution in [3.05, 3.63) is 33.7 Å².